The zero-order valence-corrected chi connectivity index (χ0v) is 26.0. The highest BCUT2D eigenvalue weighted by Crippen LogP contribution is 2.28. The fourth-order valence-electron chi connectivity index (χ4n) is 5.06. The number of nitrogens with zero attached hydrogens (tertiary/aromatic N) is 3. The van der Waals surface area contributed by atoms with E-state index in [2.05, 4.69) is 34.5 Å². The normalized spacial score (nSPS) is 21.3. The Labute approximate surface area is 250 Å². The Kier molecular flexibility index (Phi) is 13.0. The number of aliphatic hydroxyl groups is 1. The van der Waals surface area contributed by atoms with E-state index in [0.29, 0.717) is 36.7 Å². The number of rotatable bonds is 8. The summed E-state index contributed by atoms with van der Waals surface area (Å²) >= 11 is 0. The average molecular weight is 584 g/mol. The number of carbonyl (C=O) groups excluding carboxylic acids is 2. The molecule has 3 N–H and O–H groups in total. The molecular formula is C32H49N5O5. The molecule has 42 heavy (non-hydrogen) atoms. The molecule has 2 aromatic rings. The van der Waals surface area contributed by atoms with Crippen LogP contribution >= 0.6 is 0 Å². The van der Waals surface area contributed by atoms with E-state index in [1.54, 1.807) is 35.5 Å². The molecule has 1 aliphatic heterocycles. The summed E-state index contributed by atoms with van der Waals surface area (Å²) in [5.41, 5.74) is 2.01. The van der Waals surface area contributed by atoms with Gasteiger partial charge in [0.25, 0.3) is 5.91 Å². The Morgan fingerprint density at radius 3 is 2.60 bits per heavy atom. The lowest BCUT2D eigenvalue weighted by Gasteiger charge is -2.36. The first-order chi connectivity index (χ1) is 20.1. The molecule has 1 aromatic heterocycles. The molecule has 3 amide bonds. The second kappa shape index (κ2) is 16.4. The lowest BCUT2D eigenvalue weighted by atomic mass is 10.0. The number of aliphatic hydroxyl groups excluding tert-OH is 1. The van der Waals surface area contributed by atoms with Gasteiger partial charge >= 0.3 is 6.03 Å². The number of benzene rings is 1. The summed E-state index contributed by atoms with van der Waals surface area (Å²) in [5.74, 6) is 0.179. The molecule has 3 rings (SSSR count). The fourth-order valence-corrected chi connectivity index (χ4v) is 5.06. The number of fused-ring (bicyclic) bond motifs is 1. The van der Waals surface area contributed by atoms with Gasteiger partial charge in [0.15, 0.2) is 0 Å². The summed E-state index contributed by atoms with van der Waals surface area (Å²) in [5, 5.41) is 15.8. The van der Waals surface area contributed by atoms with Crippen molar-refractivity contribution in [2.45, 2.75) is 84.7 Å². The third kappa shape index (κ3) is 10.3. The van der Waals surface area contributed by atoms with E-state index >= 15 is 0 Å². The fraction of sp³-hybridized carbons (Fsp3) is 0.594. The van der Waals surface area contributed by atoms with E-state index in [1.807, 2.05) is 39.8 Å². The van der Waals surface area contributed by atoms with Crippen LogP contribution in [0.15, 0.2) is 42.7 Å². The van der Waals surface area contributed by atoms with Gasteiger partial charge in [-0.1, -0.05) is 6.92 Å². The standard InChI is InChI=1S/C32H49N5O5/c1-22(2)34-32(40)35-27-10-11-29-28(17-27)31(39)37(24(4)21-38)18-23(3)30(41-16-8-7-9-25(5)42-29)20-36(6)19-26-12-14-33-15-13-26/h10-15,17,22-25,30,38H,7-9,16,18-21H2,1-6H3,(H2,34,35,40)/t23-,24+,25+,30+/m1/s1. The summed E-state index contributed by atoms with van der Waals surface area (Å²) < 4.78 is 12.7. The van der Waals surface area contributed by atoms with Gasteiger partial charge < -0.3 is 30.1 Å². The molecule has 0 aliphatic carbocycles. The van der Waals surface area contributed by atoms with Crippen molar-refractivity contribution in [2.24, 2.45) is 5.92 Å². The smallest absolute Gasteiger partial charge is 0.319 e. The third-order valence-electron chi connectivity index (χ3n) is 7.42. The Morgan fingerprint density at radius 1 is 1.17 bits per heavy atom. The van der Waals surface area contributed by atoms with Crippen LogP contribution in [0.5, 0.6) is 5.75 Å². The number of likely N-dealkylation sites (N-methyl/N-ethyl adjacent to an activating group) is 1. The first-order valence-corrected chi connectivity index (χ1v) is 15.1. The second-order valence-electron chi connectivity index (χ2n) is 11.8. The molecular weight excluding hydrogens is 534 g/mol. The van der Waals surface area contributed by atoms with Crippen LogP contribution in [-0.2, 0) is 11.3 Å². The van der Waals surface area contributed by atoms with Crippen molar-refractivity contribution in [1.82, 2.24) is 20.1 Å². The van der Waals surface area contributed by atoms with Crippen LogP contribution in [0, 0.1) is 5.92 Å². The van der Waals surface area contributed by atoms with Crippen molar-refractivity contribution in [3.8, 4) is 5.75 Å². The summed E-state index contributed by atoms with van der Waals surface area (Å²) in [6.07, 6.45) is 6.00. The van der Waals surface area contributed by atoms with Crippen molar-refractivity contribution in [3.05, 3.63) is 53.9 Å². The first kappa shape index (κ1) is 33.3. The van der Waals surface area contributed by atoms with Crippen LogP contribution in [0.3, 0.4) is 0 Å². The van der Waals surface area contributed by atoms with E-state index in [1.165, 1.54) is 5.56 Å². The molecule has 10 heteroatoms. The van der Waals surface area contributed by atoms with E-state index in [0.717, 1.165) is 25.8 Å². The van der Waals surface area contributed by atoms with Crippen LogP contribution < -0.4 is 15.4 Å². The molecule has 0 saturated carbocycles. The van der Waals surface area contributed by atoms with Gasteiger partial charge in [-0.25, -0.2) is 4.79 Å². The van der Waals surface area contributed by atoms with Crippen molar-refractivity contribution in [2.75, 3.05) is 38.7 Å². The number of amides is 3. The molecule has 10 nitrogen and oxygen atoms in total. The number of pyridine rings is 1. The zero-order chi connectivity index (χ0) is 30.6. The van der Waals surface area contributed by atoms with Crippen molar-refractivity contribution < 1.29 is 24.2 Å². The Morgan fingerprint density at radius 2 is 1.90 bits per heavy atom. The maximum atomic E-state index is 14.2. The summed E-state index contributed by atoms with van der Waals surface area (Å²) in [7, 11) is 2.07. The number of ether oxygens (including phenoxy) is 2. The summed E-state index contributed by atoms with van der Waals surface area (Å²) in [4.78, 5) is 34.6. The predicted molar refractivity (Wildman–Crippen MR) is 165 cm³/mol. The molecule has 232 valence electrons. The molecule has 0 radical (unpaired) electrons. The van der Waals surface area contributed by atoms with E-state index in [-0.39, 0.29) is 42.7 Å². The van der Waals surface area contributed by atoms with Gasteiger partial charge in [-0.15, -0.1) is 0 Å². The van der Waals surface area contributed by atoms with E-state index < -0.39 is 6.04 Å². The molecule has 2 heterocycles. The minimum absolute atomic E-state index is 0.0211. The second-order valence-corrected chi connectivity index (χ2v) is 11.8. The SMILES string of the molecule is CC(C)NC(=O)Nc1ccc2c(c1)C(=O)N([C@@H](C)CO)C[C@@H](C)[C@H](CN(C)Cc1ccncc1)OCCCC[C@H](C)O2. The number of nitrogens with one attached hydrogen (secondary N) is 2. The maximum Gasteiger partial charge on any atom is 0.319 e. The number of carbonyl (C=O) groups is 2. The van der Waals surface area contributed by atoms with Gasteiger partial charge in [0.1, 0.15) is 5.75 Å². The maximum absolute atomic E-state index is 14.2. The third-order valence-corrected chi connectivity index (χ3v) is 7.42. The van der Waals surface area contributed by atoms with Crippen molar-refractivity contribution >= 4 is 17.6 Å². The van der Waals surface area contributed by atoms with Gasteiger partial charge in [-0.3, -0.25) is 14.7 Å². The number of urea groups is 1. The van der Waals surface area contributed by atoms with Gasteiger partial charge in [0.05, 0.1) is 30.4 Å². The van der Waals surface area contributed by atoms with Gasteiger partial charge in [0, 0.05) is 56.3 Å². The molecule has 0 saturated heterocycles. The van der Waals surface area contributed by atoms with Crippen LogP contribution in [-0.4, -0.2) is 89.5 Å². The minimum Gasteiger partial charge on any atom is -0.490 e. The molecule has 1 aromatic carbocycles. The highest BCUT2D eigenvalue weighted by Gasteiger charge is 2.30. The van der Waals surface area contributed by atoms with Crippen LogP contribution in [0.2, 0.25) is 0 Å². The highest BCUT2D eigenvalue weighted by molar-refractivity contribution is 5.99. The largest absolute Gasteiger partial charge is 0.490 e. The zero-order valence-electron chi connectivity index (χ0n) is 26.0. The van der Waals surface area contributed by atoms with Crippen LogP contribution in [0.25, 0.3) is 0 Å². The number of hydrogen-bond donors (Lipinski definition) is 3. The molecule has 4 atom stereocenters. The Bertz CT molecular complexity index is 1130. The summed E-state index contributed by atoms with van der Waals surface area (Å²) in [6.45, 7) is 11.9. The van der Waals surface area contributed by atoms with Gasteiger partial charge in [0.2, 0.25) is 0 Å². The van der Waals surface area contributed by atoms with E-state index in [9.17, 15) is 14.7 Å². The topological polar surface area (TPSA) is 116 Å². The van der Waals surface area contributed by atoms with Crippen molar-refractivity contribution in [3.63, 3.8) is 0 Å². The number of aromatic nitrogens is 1. The Balaban J connectivity index is 1.90. The lowest BCUT2D eigenvalue weighted by Crippen LogP contribution is -2.47. The predicted octanol–water partition coefficient (Wildman–Crippen LogP) is 4.54. The lowest BCUT2D eigenvalue weighted by molar-refractivity contribution is -0.0177. The molecule has 0 fully saturated rings. The van der Waals surface area contributed by atoms with Crippen LogP contribution in [0.1, 0.15) is 69.8 Å². The first-order valence-electron chi connectivity index (χ1n) is 15.1. The average Bonchev–Trinajstić information content (AvgIpc) is 2.94. The number of anilines is 1. The van der Waals surface area contributed by atoms with Crippen LogP contribution in [0.4, 0.5) is 10.5 Å². The monoisotopic (exact) mass is 583 g/mol. The van der Waals surface area contributed by atoms with E-state index in [4.69, 9.17) is 9.47 Å². The van der Waals surface area contributed by atoms with Gasteiger partial charge in [-0.05, 0) is 89.9 Å². The summed E-state index contributed by atoms with van der Waals surface area (Å²) in [6, 6.07) is 8.34. The quantitative estimate of drug-likeness (QED) is 0.418. The highest BCUT2D eigenvalue weighted by atomic mass is 16.5. The number of hydrogen-bond acceptors (Lipinski definition) is 7. The molecule has 0 bridgehead atoms. The molecule has 0 unspecified atom stereocenters. The Hall–Kier alpha value is -3.21. The van der Waals surface area contributed by atoms with Gasteiger partial charge in [-0.2, -0.15) is 0 Å². The van der Waals surface area contributed by atoms with Crippen molar-refractivity contribution in [1.29, 1.82) is 0 Å². The minimum atomic E-state index is -0.436. The molecule has 0 spiro atoms. The molecule has 1 aliphatic rings.